The fraction of sp³-hybridized carbons (Fsp3) is 0.400. The quantitative estimate of drug-likeness (QED) is 0.457. The number of amides is 1. The van der Waals surface area contributed by atoms with Crippen LogP contribution in [-0.4, -0.2) is 45.5 Å². The van der Waals surface area contributed by atoms with Gasteiger partial charge in [0, 0.05) is 40.3 Å². The molecular formula is C25H30N2O5S. The van der Waals surface area contributed by atoms with E-state index < -0.39 is 10.8 Å². The average Bonchev–Trinajstić information content (AvgIpc) is 3.59. The molecular weight excluding hydrogens is 440 g/mol. The molecule has 1 saturated carbocycles. The summed E-state index contributed by atoms with van der Waals surface area (Å²) in [5, 5.41) is 15.7. The van der Waals surface area contributed by atoms with Gasteiger partial charge in [-0.2, -0.15) is 0 Å². The van der Waals surface area contributed by atoms with Gasteiger partial charge in [-0.05, 0) is 49.9 Å². The van der Waals surface area contributed by atoms with E-state index in [0.717, 1.165) is 23.8 Å². The Kier molecular flexibility index (Phi) is 6.93. The van der Waals surface area contributed by atoms with Gasteiger partial charge in [-0.3, -0.25) is 9.00 Å². The highest BCUT2D eigenvalue weighted by atomic mass is 32.2. The van der Waals surface area contributed by atoms with Crippen LogP contribution in [0.25, 0.3) is 10.8 Å². The Labute approximate surface area is 196 Å². The molecule has 2 atom stereocenters. The SMILES string of the molecule is CCOc1cc(C(CCS(C)=O)n2cc3cccc(NC(=O)C4CC4)c3c2O)ccc1OC. The van der Waals surface area contributed by atoms with E-state index in [4.69, 9.17) is 9.47 Å². The van der Waals surface area contributed by atoms with Crippen LogP contribution in [0.1, 0.15) is 37.8 Å². The largest absolute Gasteiger partial charge is 0.494 e. The summed E-state index contributed by atoms with van der Waals surface area (Å²) in [5.41, 5.74) is 1.51. The smallest absolute Gasteiger partial charge is 0.227 e. The molecule has 1 aliphatic carbocycles. The third-order valence-corrected chi connectivity index (χ3v) is 6.75. The molecule has 0 spiro atoms. The van der Waals surface area contributed by atoms with Crippen molar-refractivity contribution >= 4 is 33.2 Å². The molecule has 2 unspecified atom stereocenters. The molecule has 176 valence electrons. The first kappa shape index (κ1) is 23.2. The number of aromatic hydroxyl groups is 1. The van der Waals surface area contributed by atoms with Crippen LogP contribution in [-0.2, 0) is 15.6 Å². The number of hydrogen-bond donors (Lipinski definition) is 2. The van der Waals surface area contributed by atoms with E-state index in [1.807, 2.05) is 49.5 Å². The summed E-state index contributed by atoms with van der Waals surface area (Å²) in [4.78, 5) is 12.4. The molecule has 0 bridgehead atoms. The molecule has 7 nitrogen and oxygen atoms in total. The second-order valence-electron chi connectivity index (χ2n) is 8.32. The third-order valence-electron chi connectivity index (χ3n) is 5.94. The van der Waals surface area contributed by atoms with Crippen molar-refractivity contribution in [1.29, 1.82) is 0 Å². The Morgan fingerprint density at radius 1 is 1.27 bits per heavy atom. The van der Waals surface area contributed by atoms with Crippen molar-refractivity contribution in [2.24, 2.45) is 5.92 Å². The number of nitrogens with one attached hydrogen (secondary N) is 1. The van der Waals surface area contributed by atoms with Gasteiger partial charge in [0.1, 0.15) is 0 Å². The molecule has 1 amide bonds. The van der Waals surface area contributed by atoms with E-state index in [2.05, 4.69) is 5.32 Å². The van der Waals surface area contributed by atoms with Crippen molar-refractivity contribution in [2.45, 2.75) is 32.2 Å². The summed E-state index contributed by atoms with van der Waals surface area (Å²) in [5.74, 6) is 1.84. The van der Waals surface area contributed by atoms with E-state index in [1.54, 1.807) is 17.9 Å². The maximum absolute atomic E-state index is 12.4. The zero-order chi connectivity index (χ0) is 23.5. The van der Waals surface area contributed by atoms with Crippen LogP contribution < -0.4 is 14.8 Å². The van der Waals surface area contributed by atoms with Crippen molar-refractivity contribution in [3.8, 4) is 17.4 Å². The Hall–Kier alpha value is -3.00. The fourth-order valence-corrected chi connectivity index (χ4v) is 4.66. The van der Waals surface area contributed by atoms with Gasteiger partial charge in [0.15, 0.2) is 11.5 Å². The van der Waals surface area contributed by atoms with Crippen LogP contribution in [0.2, 0.25) is 0 Å². The van der Waals surface area contributed by atoms with Crippen LogP contribution in [0, 0.1) is 5.92 Å². The molecule has 0 saturated heterocycles. The van der Waals surface area contributed by atoms with Crippen LogP contribution in [0.3, 0.4) is 0 Å². The zero-order valence-corrected chi connectivity index (χ0v) is 20.0. The Morgan fingerprint density at radius 2 is 2.06 bits per heavy atom. The van der Waals surface area contributed by atoms with Crippen molar-refractivity contribution < 1.29 is 23.6 Å². The molecule has 0 aliphatic heterocycles. The molecule has 2 aromatic carbocycles. The molecule has 4 rings (SSSR count). The Morgan fingerprint density at radius 3 is 2.73 bits per heavy atom. The first-order valence-corrected chi connectivity index (χ1v) is 12.9. The molecule has 2 N–H and O–H groups in total. The number of ether oxygens (including phenoxy) is 2. The summed E-state index contributed by atoms with van der Waals surface area (Å²) < 4.78 is 24.9. The summed E-state index contributed by atoms with van der Waals surface area (Å²) in [6.07, 6.45) is 5.92. The minimum absolute atomic E-state index is 0.0101. The topological polar surface area (TPSA) is 89.8 Å². The highest BCUT2D eigenvalue weighted by Crippen LogP contribution is 2.41. The van der Waals surface area contributed by atoms with Crippen molar-refractivity contribution in [3.05, 3.63) is 48.2 Å². The third kappa shape index (κ3) is 5.00. The Balaban J connectivity index is 1.78. The minimum Gasteiger partial charge on any atom is -0.494 e. The Bertz CT molecular complexity index is 1180. The molecule has 3 aromatic rings. The maximum Gasteiger partial charge on any atom is 0.227 e. The number of benzene rings is 2. The summed E-state index contributed by atoms with van der Waals surface area (Å²) in [7, 11) is 0.603. The number of hydrogen-bond acceptors (Lipinski definition) is 5. The number of nitrogens with zero attached hydrogens (tertiary/aromatic N) is 1. The van der Waals surface area contributed by atoms with E-state index in [-0.39, 0.29) is 23.7 Å². The predicted molar refractivity (Wildman–Crippen MR) is 131 cm³/mol. The number of carbonyl (C=O) groups is 1. The van der Waals surface area contributed by atoms with Crippen molar-refractivity contribution in [1.82, 2.24) is 4.57 Å². The normalized spacial score (nSPS) is 15.2. The summed E-state index contributed by atoms with van der Waals surface area (Å²) >= 11 is 0. The number of methoxy groups -OCH3 is 1. The monoisotopic (exact) mass is 470 g/mol. The standard InChI is InChI=1S/C25H30N2O5S/c1-4-32-22-14-17(10-11-21(22)31-2)20(12-13-33(3)30)27-15-18-6-5-7-19(23(18)25(27)29)26-24(28)16-8-9-16/h5-7,10-11,14-16,20,29H,4,8-9,12-13H2,1-3H3,(H,26,28). The van der Waals surface area contributed by atoms with E-state index >= 15 is 0 Å². The van der Waals surface area contributed by atoms with Gasteiger partial charge in [-0.1, -0.05) is 18.2 Å². The lowest BCUT2D eigenvalue weighted by Gasteiger charge is -2.22. The molecule has 8 heteroatoms. The lowest BCUT2D eigenvalue weighted by atomic mass is 10.0. The van der Waals surface area contributed by atoms with Crippen LogP contribution >= 0.6 is 0 Å². The van der Waals surface area contributed by atoms with Gasteiger partial charge in [0.25, 0.3) is 0 Å². The first-order chi connectivity index (χ1) is 15.9. The van der Waals surface area contributed by atoms with E-state index in [1.165, 1.54) is 0 Å². The molecule has 0 radical (unpaired) electrons. The lowest BCUT2D eigenvalue weighted by molar-refractivity contribution is -0.117. The maximum atomic E-state index is 12.4. The predicted octanol–water partition coefficient (Wildman–Crippen LogP) is 4.46. The number of aromatic nitrogens is 1. The van der Waals surface area contributed by atoms with E-state index in [0.29, 0.717) is 41.4 Å². The van der Waals surface area contributed by atoms with Crippen molar-refractivity contribution in [3.63, 3.8) is 0 Å². The second kappa shape index (κ2) is 9.87. The van der Waals surface area contributed by atoms with Crippen molar-refractivity contribution in [2.75, 3.05) is 31.0 Å². The zero-order valence-electron chi connectivity index (χ0n) is 19.2. The van der Waals surface area contributed by atoms with Gasteiger partial charge < -0.3 is 24.5 Å². The van der Waals surface area contributed by atoms with Gasteiger partial charge in [0.05, 0.1) is 30.8 Å². The molecule has 1 aliphatic rings. The van der Waals surface area contributed by atoms with Gasteiger partial charge >= 0.3 is 0 Å². The van der Waals surface area contributed by atoms with Gasteiger partial charge in [0.2, 0.25) is 11.8 Å². The molecule has 1 aromatic heterocycles. The molecule has 33 heavy (non-hydrogen) atoms. The lowest BCUT2D eigenvalue weighted by Crippen LogP contribution is -2.14. The summed E-state index contributed by atoms with van der Waals surface area (Å²) in [6.45, 7) is 2.40. The second-order valence-corrected chi connectivity index (χ2v) is 9.87. The van der Waals surface area contributed by atoms with Gasteiger partial charge in [-0.25, -0.2) is 0 Å². The first-order valence-electron chi connectivity index (χ1n) is 11.2. The number of anilines is 1. The minimum atomic E-state index is -0.991. The van der Waals surface area contributed by atoms with E-state index in [9.17, 15) is 14.1 Å². The number of rotatable bonds is 10. The van der Waals surface area contributed by atoms with Gasteiger partial charge in [-0.15, -0.1) is 0 Å². The fourth-order valence-electron chi connectivity index (χ4n) is 4.10. The van der Waals surface area contributed by atoms with Crippen LogP contribution in [0.5, 0.6) is 17.4 Å². The highest BCUT2D eigenvalue weighted by Gasteiger charge is 2.30. The molecule has 1 fully saturated rings. The average molecular weight is 471 g/mol. The highest BCUT2D eigenvalue weighted by molar-refractivity contribution is 7.84. The number of fused-ring (bicyclic) bond motifs is 1. The summed E-state index contributed by atoms with van der Waals surface area (Å²) in [6, 6.07) is 11.0. The molecule has 1 heterocycles. The number of carbonyl (C=O) groups excluding carboxylic acids is 1. The van der Waals surface area contributed by atoms with Crippen LogP contribution in [0.4, 0.5) is 5.69 Å². The van der Waals surface area contributed by atoms with Crippen LogP contribution in [0.15, 0.2) is 42.6 Å².